The van der Waals surface area contributed by atoms with Gasteiger partial charge in [0, 0.05) is 59.7 Å². The van der Waals surface area contributed by atoms with Crippen LogP contribution in [0.1, 0.15) is 130 Å². The quantitative estimate of drug-likeness (QED) is 0.0162. The number of esters is 1. The van der Waals surface area contributed by atoms with Gasteiger partial charge in [0.2, 0.25) is 17.7 Å². The molecule has 2 aliphatic rings. The van der Waals surface area contributed by atoms with E-state index in [1.54, 1.807) is 43.4 Å². The second-order valence-electron chi connectivity index (χ2n) is 16.3. The largest absolute Gasteiger partial charge is 0.497 e. The summed E-state index contributed by atoms with van der Waals surface area (Å²) in [5, 5.41) is 6.28. The smallest absolute Gasteiger partial charge is 0.306 e. The predicted molar refractivity (Wildman–Crippen MR) is 271 cm³/mol. The second-order valence-corrected chi connectivity index (χ2v) is 16.3. The van der Waals surface area contributed by atoms with Gasteiger partial charge in [-0.2, -0.15) is 0 Å². The van der Waals surface area contributed by atoms with Crippen molar-refractivity contribution in [2.45, 2.75) is 111 Å². The number of methoxy groups -OCH3 is 2. The number of unbranched alkanes of at least 4 members (excludes halogenated alkanes) is 4. The Hall–Kier alpha value is -5.92. The molecule has 2 atom stereocenters. The minimum Gasteiger partial charge on any atom is -0.497 e. The van der Waals surface area contributed by atoms with E-state index in [0.717, 1.165) is 21.8 Å². The van der Waals surface area contributed by atoms with Crippen LogP contribution in [0.4, 0.5) is 0 Å². The maximum atomic E-state index is 14.0. The molecule has 2 heterocycles. The summed E-state index contributed by atoms with van der Waals surface area (Å²) in [6, 6.07) is 31.4. The average molecular weight is 1070 g/mol. The minimum atomic E-state index is -1.12. The molecule has 392 valence electrons. The summed E-state index contributed by atoms with van der Waals surface area (Å²) in [6.45, 7) is 0.954. The molecule has 0 unspecified atom stereocenters. The van der Waals surface area contributed by atoms with Crippen molar-refractivity contribution in [3.8, 4) is 11.5 Å². The van der Waals surface area contributed by atoms with Crippen molar-refractivity contribution in [3.63, 3.8) is 0 Å². The van der Waals surface area contributed by atoms with E-state index in [0.29, 0.717) is 80.5 Å². The first-order valence-corrected chi connectivity index (χ1v) is 22.6. The number of benzene rings is 4. The van der Waals surface area contributed by atoms with Crippen molar-refractivity contribution >= 4 is 35.5 Å². The van der Waals surface area contributed by atoms with Crippen LogP contribution in [-0.2, 0) is 59.5 Å². The first-order valence-electron chi connectivity index (χ1n) is 22.6. The third-order valence-corrected chi connectivity index (χ3v) is 11.9. The minimum absolute atomic E-state index is 0. The normalized spacial score (nSPS) is 14.5. The molecule has 6 rings (SSSR count). The van der Waals surface area contributed by atoms with Crippen LogP contribution < -0.4 is 20.1 Å². The molecule has 16 heteroatoms. The second kappa shape index (κ2) is 31.4. The third-order valence-electron chi connectivity index (χ3n) is 11.9. The number of nitrogens with one attached hydrogen (secondary N) is 2. The SMILES string of the molecule is C.C.C.CNC(=O)CCC(=O)O[C@@H]1C[C@@H](COC(c2ccccc2)(c2ccc(OC)cc2)c2ccc(OC)cc2)N(C(=O)CCCCCNC(=O)CCCCCON2C(=O)c3ccccc3C2=O)C1.[CH3-].[Pd]. The van der Waals surface area contributed by atoms with Gasteiger partial charge in [-0.15, -0.1) is 5.06 Å². The summed E-state index contributed by atoms with van der Waals surface area (Å²) < 4.78 is 24.0. The van der Waals surface area contributed by atoms with E-state index in [1.165, 1.54) is 7.05 Å². The molecule has 4 aromatic rings. The van der Waals surface area contributed by atoms with Gasteiger partial charge < -0.3 is 41.9 Å². The number of imide groups is 1. The number of nitrogens with zero attached hydrogens (tertiary/aromatic N) is 2. The number of likely N-dealkylation sites (tertiary alicyclic amines) is 1. The first-order chi connectivity index (χ1) is 32.1. The average Bonchev–Trinajstić information content (AvgIpc) is 3.86. The van der Waals surface area contributed by atoms with Crippen LogP contribution in [-0.4, -0.2) is 105 Å². The van der Waals surface area contributed by atoms with Crippen LogP contribution in [0.15, 0.2) is 103 Å². The zero-order valence-electron chi connectivity index (χ0n) is 39.3. The Labute approximate surface area is 435 Å². The Morgan fingerprint density at radius 1 is 0.648 bits per heavy atom. The summed E-state index contributed by atoms with van der Waals surface area (Å²) >= 11 is 0. The molecule has 0 saturated carbocycles. The van der Waals surface area contributed by atoms with Gasteiger partial charge in [-0.25, -0.2) is 0 Å². The number of rotatable bonds is 25. The maximum absolute atomic E-state index is 14.0. The molecule has 2 N–H and O–H groups in total. The van der Waals surface area contributed by atoms with Crippen molar-refractivity contribution in [2.75, 3.05) is 47.6 Å². The fourth-order valence-electron chi connectivity index (χ4n) is 8.35. The van der Waals surface area contributed by atoms with E-state index >= 15 is 0 Å². The molecule has 71 heavy (non-hydrogen) atoms. The summed E-state index contributed by atoms with van der Waals surface area (Å²) in [5.41, 5.74) is 2.08. The van der Waals surface area contributed by atoms with Gasteiger partial charge in [-0.05, 0) is 78.8 Å². The fourth-order valence-corrected chi connectivity index (χ4v) is 8.35. The molecule has 0 radical (unpaired) electrons. The molecule has 1 fully saturated rings. The molecule has 15 nitrogen and oxygen atoms in total. The number of hydrogen-bond acceptors (Lipinski definition) is 11. The van der Waals surface area contributed by atoms with E-state index in [9.17, 15) is 28.8 Å². The number of amides is 5. The maximum Gasteiger partial charge on any atom is 0.306 e. The molecule has 0 aromatic heterocycles. The predicted octanol–water partition coefficient (Wildman–Crippen LogP) is 8.87. The van der Waals surface area contributed by atoms with Crippen LogP contribution >= 0.6 is 0 Å². The number of hydrogen-bond donors (Lipinski definition) is 2. The van der Waals surface area contributed by atoms with E-state index in [1.807, 2.05) is 78.9 Å². The van der Waals surface area contributed by atoms with Gasteiger partial charge in [-0.1, -0.05) is 102 Å². The number of carbonyl (C=O) groups is 6. The first kappa shape index (κ1) is 63.1. The van der Waals surface area contributed by atoms with Gasteiger partial charge in [0.1, 0.15) is 23.2 Å². The van der Waals surface area contributed by atoms with Crippen molar-refractivity contribution < 1.29 is 73.0 Å². The Morgan fingerprint density at radius 2 is 1.18 bits per heavy atom. The fraction of sp³-hybridized carbons (Fsp3) is 0.436. The Bertz CT molecular complexity index is 2200. The van der Waals surface area contributed by atoms with Crippen LogP contribution in [0.2, 0.25) is 0 Å². The van der Waals surface area contributed by atoms with Gasteiger partial charge in [0.25, 0.3) is 11.8 Å². The molecule has 4 aromatic carbocycles. The van der Waals surface area contributed by atoms with Crippen LogP contribution in [0.3, 0.4) is 0 Å². The molecular weight excluding hydrogens is 999 g/mol. The number of ether oxygens (including phenoxy) is 4. The topological polar surface area (TPSA) is 179 Å². The molecule has 0 spiro atoms. The molecule has 2 aliphatic heterocycles. The zero-order valence-corrected chi connectivity index (χ0v) is 40.8. The molecule has 0 bridgehead atoms. The Balaban J connectivity index is 0.00000504. The summed E-state index contributed by atoms with van der Waals surface area (Å²) in [7, 11) is 4.74. The number of carbonyl (C=O) groups excluding carboxylic acids is 6. The summed E-state index contributed by atoms with van der Waals surface area (Å²) in [6.07, 6.45) is 4.16. The van der Waals surface area contributed by atoms with Crippen LogP contribution in [0, 0.1) is 7.43 Å². The summed E-state index contributed by atoms with van der Waals surface area (Å²) in [4.78, 5) is 83.4. The standard InChI is InChI=1S/C51H60N4O11.3CH4.CH3.Pd/c1-52-45(56)29-30-48(59)66-42-33-39(35-64-51(36-15-7-4-8-16-36,37-21-25-40(62-2)26-22-37)38-23-27-41(63-3)28-24-38)54(34-42)47(58)20-10-5-13-31-53-46(57)19-9-6-14-32-65-55-49(60)43-17-11-12-18-44(43)50(55)61;;;;;/h4,7-8,11-12,15-18,21-28,39,42H,5-6,9-10,13-14,19-20,29-35H2,1-3H3,(H,52,56)(H,53,57);3*1H4;1H3;/q;;;;-1;/t39-,42+;;;;;/m0...../s1. The number of hydroxylamine groups is 2. The number of fused-ring (bicyclic) bond motifs is 1. The van der Waals surface area contributed by atoms with E-state index in [2.05, 4.69) is 10.6 Å². The third kappa shape index (κ3) is 16.6. The molecule has 5 amide bonds. The molecule has 0 aliphatic carbocycles. The van der Waals surface area contributed by atoms with Crippen molar-refractivity contribution in [2.24, 2.45) is 0 Å². The Morgan fingerprint density at radius 3 is 1.75 bits per heavy atom. The Kier molecular flexibility index (Phi) is 27.9. The van der Waals surface area contributed by atoms with Crippen molar-refractivity contribution in [3.05, 3.63) is 138 Å². The van der Waals surface area contributed by atoms with Crippen LogP contribution in [0.25, 0.3) is 0 Å². The monoisotopic (exact) mass is 1070 g/mol. The van der Waals surface area contributed by atoms with Crippen molar-refractivity contribution in [1.82, 2.24) is 20.6 Å². The summed E-state index contributed by atoms with van der Waals surface area (Å²) in [5.74, 6) is -0.504. The van der Waals surface area contributed by atoms with Gasteiger partial charge >= 0.3 is 5.97 Å². The molecular formula is C55H75N4O11Pd-. The van der Waals surface area contributed by atoms with E-state index in [-0.39, 0.29) is 107 Å². The zero-order chi connectivity index (χ0) is 46.9. The van der Waals surface area contributed by atoms with Gasteiger partial charge in [0.05, 0.1) is 57.6 Å². The van der Waals surface area contributed by atoms with E-state index < -0.39 is 35.5 Å². The van der Waals surface area contributed by atoms with E-state index in [4.69, 9.17) is 23.8 Å². The van der Waals surface area contributed by atoms with Crippen molar-refractivity contribution in [1.29, 1.82) is 0 Å². The van der Waals surface area contributed by atoms with Gasteiger partial charge in [-0.3, -0.25) is 33.6 Å². The van der Waals surface area contributed by atoms with Crippen LogP contribution in [0.5, 0.6) is 11.5 Å². The molecule has 1 saturated heterocycles. The van der Waals surface area contributed by atoms with Gasteiger partial charge in [0.15, 0.2) is 0 Å².